The number of hydrogen-bond acceptors (Lipinski definition) is 1. The minimum Gasteiger partial charge on any atom is -0.485 e. The molecule has 0 saturated heterocycles. The van der Waals surface area contributed by atoms with Gasteiger partial charge in [-0.1, -0.05) is 18.1 Å². The van der Waals surface area contributed by atoms with E-state index in [1.807, 2.05) is 12.2 Å². The third-order valence-corrected chi connectivity index (χ3v) is 1.32. The predicted octanol–water partition coefficient (Wildman–Crippen LogP) is 1.87. The first-order chi connectivity index (χ1) is 4.93. The highest BCUT2D eigenvalue weighted by atomic mass is 16.5. The molecule has 1 aliphatic carbocycles. The van der Waals surface area contributed by atoms with Crippen LogP contribution in [0.4, 0.5) is 0 Å². The summed E-state index contributed by atoms with van der Waals surface area (Å²) >= 11 is 0. The van der Waals surface area contributed by atoms with Crippen LogP contribution in [0.5, 0.6) is 0 Å². The van der Waals surface area contributed by atoms with Crippen LogP contribution in [-0.4, -0.2) is 6.61 Å². The smallest absolute Gasteiger partial charge is 0.148 e. The Morgan fingerprint density at radius 1 is 1.70 bits per heavy atom. The van der Waals surface area contributed by atoms with Crippen LogP contribution in [0, 0.1) is 12.3 Å². The van der Waals surface area contributed by atoms with Crippen LogP contribution in [-0.2, 0) is 4.74 Å². The maximum absolute atomic E-state index is 5.21. The Morgan fingerprint density at radius 2 is 2.60 bits per heavy atom. The molecule has 0 aromatic heterocycles. The van der Waals surface area contributed by atoms with Crippen LogP contribution >= 0.6 is 0 Å². The molecule has 0 unspecified atom stereocenters. The zero-order valence-electron chi connectivity index (χ0n) is 5.84. The molecule has 0 amide bonds. The highest BCUT2D eigenvalue weighted by molar-refractivity contribution is 5.13. The largest absolute Gasteiger partial charge is 0.485 e. The maximum atomic E-state index is 5.21. The summed E-state index contributed by atoms with van der Waals surface area (Å²) in [6.45, 7) is 0.389. The Balaban J connectivity index is 2.34. The second-order valence-corrected chi connectivity index (χ2v) is 2.09. The lowest BCUT2D eigenvalue weighted by molar-refractivity contribution is 0.241. The lowest BCUT2D eigenvalue weighted by atomic mass is 10.2. The van der Waals surface area contributed by atoms with Gasteiger partial charge in [-0.3, -0.25) is 0 Å². The van der Waals surface area contributed by atoms with E-state index >= 15 is 0 Å². The molecule has 10 heavy (non-hydrogen) atoms. The quantitative estimate of drug-likeness (QED) is 0.524. The van der Waals surface area contributed by atoms with Crippen molar-refractivity contribution in [3.8, 4) is 12.3 Å². The molecule has 1 rings (SSSR count). The molecule has 1 heteroatoms. The minimum absolute atomic E-state index is 0.389. The van der Waals surface area contributed by atoms with Gasteiger partial charge in [-0.25, -0.2) is 0 Å². The zero-order valence-corrected chi connectivity index (χ0v) is 5.84. The van der Waals surface area contributed by atoms with Crippen LogP contribution in [0.15, 0.2) is 24.0 Å². The summed E-state index contributed by atoms with van der Waals surface area (Å²) < 4.78 is 5.21. The predicted molar refractivity (Wildman–Crippen MR) is 41.2 cm³/mol. The summed E-state index contributed by atoms with van der Waals surface area (Å²) in [5, 5.41) is 0. The lowest BCUT2D eigenvalue weighted by Gasteiger charge is -2.07. The van der Waals surface area contributed by atoms with E-state index in [1.165, 1.54) is 0 Å². The van der Waals surface area contributed by atoms with Gasteiger partial charge in [0, 0.05) is 6.42 Å². The highest BCUT2D eigenvalue weighted by Crippen LogP contribution is 2.11. The fraction of sp³-hybridized carbons (Fsp3) is 0.333. The molecule has 0 aromatic carbocycles. The monoisotopic (exact) mass is 134 g/mol. The summed E-state index contributed by atoms with van der Waals surface area (Å²) in [4.78, 5) is 0. The lowest BCUT2D eigenvalue weighted by Crippen LogP contribution is -1.94. The van der Waals surface area contributed by atoms with E-state index in [0.29, 0.717) is 6.61 Å². The fourth-order valence-corrected chi connectivity index (χ4v) is 0.835. The number of terminal acetylenes is 1. The van der Waals surface area contributed by atoms with Crippen molar-refractivity contribution in [3.05, 3.63) is 24.0 Å². The van der Waals surface area contributed by atoms with Gasteiger partial charge in [0.25, 0.3) is 0 Å². The molecule has 1 aliphatic rings. The van der Waals surface area contributed by atoms with Crippen molar-refractivity contribution in [2.45, 2.75) is 12.8 Å². The van der Waals surface area contributed by atoms with Gasteiger partial charge in [-0.15, -0.1) is 6.42 Å². The van der Waals surface area contributed by atoms with Crippen molar-refractivity contribution < 1.29 is 4.74 Å². The first-order valence-corrected chi connectivity index (χ1v) is 3.35. The van der Waals surface area contributed by atoms with Crippen LogP contribution in [0.3, 0.4) is 0 Å². The first-order valence-electron chi connectivity index (χ1n) is 3.35. The molecule has 0 aromatic rings. The Labute approximate surface area is 61.4 Å². The van der Waals surface area contributed by atoms with Crippen LogP contribution in [0.2, 0.25) is 0 Å². The van der Waals surface area contributed by atoms with E-state index in [2.05, 4.69) is 12.0 Å². The third-order valence-electron chi connectivity index (χ3n) is 1.32. The van der Waals surface area contributed by atoms with E-state index in [9.17, 15) is 0 Å². The van der Waals surface area contributed by atoms with Crippen LogP contribution in [0.25, 0.3) is 0 Å². The molecule has 0 N–H and O–H groups in total. The maximum Gasteiger partial charge on any atom is 0.148 e. The van der Waals surface area contributed by atoms with Crippen LogP contribution in [0.1, 0.15) is 12.8 Å². The Morgan fingerprint density at radius 3 is 3.20 bits per heavy atom. The first kappa shape index (κ1) is 6.95. The standard InChI is InChI=1S/C9H10O/c1-2-8-10-9-6-4-3-5-7-9/h1,3-4,6H,5,7-8H2. The molecule has 0 radical (unpaired) electrons. The average Bonchev–Trinajstić information content (AvgIpc) is 2.03. The summed E-state index contributed by atoms with van der Waals surface area (Å²) in [6.07, 6.45) is 13.1. The topological polar surface area (TPSA) is 9.23 Å². The fourth-order valence-electron chi connectivity index (χ4n) is 0.835. The Hall–Kier alpha value is -1.16. The van der Waals surface area contributed by atoms with Gasteiger partial charge in [0.05, 0.1) is 5.76 Å². The van der Waals surface area contributed by atoms with Gasteiger partial charge in [-0.2, -0.15) is 0 Å². The second kappa shape index (κ2) is 3.79. The van der Waals surface area contributed by atoms with Crippen molar-refractivity contribution in [3.63, 3.8) is 0 Å². The van der Waals surface area contributed by atoms with Crippen molar-refractivity contribution in [2.75, 3.05) is 6.61 Å². The molecule has 1 nitrogen and oxygen atoms in total. The molecule has 0 fully saturated rings. The SMILES string of the molecule is C#CCOC1=CC=CCC1. The number of hydrogen-bond donors (Lipinski definition) is 0. The van der Waals surface area contributed by atoms with Gasteiger partial charge >= 0.3 is 0 Å². The van der Waals surface area contributed by atoms with Gasteiger partial charge < -0.3 is 4.74 Å². The van der Waals surface area contributed by atoms with Crippen molar-refractivity contribution >= 4 is 0 Å². The average molecular weight is 134 g/mol. The van der Waals surface area contributed by atoms with Gasteiger partial charge in [-0.05, 0) is 12.5 Å². The van der Waals surface area contributed by atoms with E-state index in [1.54, 1.807) is 0 Å². The van der Waals surface area contributed by atoms with Gasteiger partial charge in [0.1, 0.15) is 6.61 Å². The van der Waals surface area contributed by atoms with E-state index in [0.717, 1.165) is 18.6 Å². The number of rotatable bonds is 2. The summed E-state index contributed by atoms with van der Waals surface area (Å²) in [5.74, 6) is 3.43. The van der Waals surface area contributed by atoms with Crippen molar-refractivity contribution in [2.24, 2.45) is 0 Å². The molecular formula is C9H10O. The Kier molecular flexibility index (Phi) is 2.63. The highest BCUT2D eigenvalue weighted by Gasteiger charge is 1.97. The van der Waals surface area contributed by atoms with Crippen molar-refractivity contribution in [1.82, 2.24) is 0 Å². The zero-order chi connectivity index (χ0) is 7.23. The summed E-state index contributed by atoms with van der Waals surface area (Å²) in [6, 6.07) is 0. The normalized spacial score (nSPS) is 15.7. The molecule has 0 spiro atoms. The molecule has 0 aliphatic heterocycles. The number of ether oxygens (including phenoxy) is 1. The summed E-state index contributed by atoms with van der Waals surface area (Å²) in [7, 11) is 0. The minimum atomic E-state index is 0.389. The molecule has 0 saturated carbocycles. The molecule has 0 heterocycles. The van der Waals surface area contributed by atoms with E-state index < -0.39 is 0 Å². The van der Waals surface area contributed by atoms with E-state index in [-0.39, 0.29) is 0 Å². The van der Waals surface area contributed by atoms with Crippen molar-refractivity contribution in [1.29, 1.82) is 0 Å². The second-order valence-electron chi connectivity index (χ2n) is 2.09. The molecule has 0 atom stereocenters. The van der Waals surface area contributed by atoms with Crippen LogP contribution < -0.4 is 0 Å². The van der Waals surface area contributed by atoms with Gasteiger partial charge in [0.15, 0.2) is 0 Å². The summed E-state index contributed by atoms with van der Waals surface area (Å²) in [5.41, 5.74) is 0. The molecule has 52 valence electrons. The Bertz CT molecular complexity index is 193. The van der Waals surface area contributed by atoms with E-state index in [4.69, 9.17) is 11.2 Å². The van der Waals surface area contributed by atoms with Gasteiger partial charge in [0.2, 0.25) is 0 Å². The molecule has 0 bridgehead atoms. The molecular weight excluding hydrogens is 124 g/mol. The third kappa shape index (κ3) is 1.99. The number of allylic oxidation sites excluding steroid dienone is 4.